The minimum Gasteiger partial charge on any atom is -0.330 e. The summed E-state index contributed by atoms with van der Waals surface area (Å²) in [5.41, 5.74) is 9.31. The summed E-state index contributed by atoms with van der Waals surface area (Å²) in [6.45, 7) is 8.32. The second kappa shape index (κ2) is 7.03. The Labute approximate surface area is 187 Å². The van der Waals surface area contributed by atoms with Gasteiger partial charge in [-0.25, -0.2) is 4.85 Å². The summed E-state index contributed by atoms with van der Waals surface area (Å²) in [6.07, 6.45) is 4.32. The first-order valence-corrected chi connectivity index (χ1v) is 11.5. The van der Waals surface area contributed by atoms with E-state index in [0.29, 0.717) is 18.2 Å². The molecule has 3 aliphatic heterocycles. The van der Waals surface area contributed by atoms with Crippen molar-refractivity contribution in [3.8, 4) is 6.07 Å². The number of hydrogen-bond donors (Lipinski definition) is 1. The van der Waals surface area contributed by atoms with Crippen LogP contribution in [0, 0.1) is 23.8 Å². The molecule has 2 bridgehead atoms. The number of aryl methyl sites for hydroxylation is 1. The van der Waals surface area contributed by atoms with Gasteiger partial charge < -0.3 is 15.5 Å². The Hall–Kier alpha value is -2.94. The van der Waals surface area contributed by atoms with Gasteiger partial charge in [0.25, 0.3) is 0 Å². The first-order chi connectivity index (χ1) is 15.5. The molecule has 1 aromatic rings. The first kappa shape index (κ1) is 19.7. The standard InChI is InChI=1S/C24H26N6O2/c1-27-15-3-4-18-13(6-15)2-5-20(18)30-17-9-22(24(30)32)28(11-17)12-19(26)23(31)29-16(10-25)7-14-8-21(14)29/h3-4,6,14,16-17,19-22H,2,5,7-9,11-12,26H2/t14-,16+,17+,19+,20+,21?,22+/m1/s1. The summed E-state index contributed by atoms with van der Waals surface area (Å²) >= 11 is 0. The van der Waals surface area contributed by atoms with Crippen molar-refractivity contribution in [3.63, 3.8) is 0 Å². The Morgan fingerprint density at radius 1 is 1.31 bits per heavy atom. The molecule has 1 aromatic carbocycles. The van der Waals surface area contributed by atoms with Gasteiger partial charge in [0.1, 0.15) is 6.04 Å². The number of hydrogen-bond acceptors (Lipinski definition) is 5. The number of likely N-dealkylation sites (tertiary alicyclic amines) is 3. The third kappa shape index (κ3) is 2.80. The summed E-state index contributed by atoms with van der Waals surface area (Å²) in [4.78, 5) is 35.7. The average Bonchev–Trinajstić information content (AvgIpc) is 3.14. The van der Waals surface area contributed by atoms with Crippen molar-refractivity contribution in [2.45, 2.75) is 68.4 Å². The number of amides is 2. The Balaban J connectivity index is 1.13. The van der Waals surface area contributed by atoms with Gasteiger partial charge in [0, 0.05) is 25.2 Å². The minimum absolute atomic E-state index is 0.0810. The number of piperidine rings is 1. The van der Waals surface area contributed by atoms with Crippen LogP contribution in [0.25, 0.3) is 4.85 Å². The number of nitrogens with zero attached hydrogens (tertiary/aromatic N) is 5. The van der Waals surface area contributed by atoms with Crippen molar-refractivity contribution in [1.29, 1.82) is 5.26 Å². The lowest BCUT2D eigenvalue weighted by Crippen LogP contribution is -2.57. The minimum atomic E-state index is -0.704. The van der Waals surface area contributed by atoms with Crippen molar-refractivity contribution in [2.75, 3.05) is 13.1 Å². The summed E-state index contributed by atoms with van der Waals surface area (Å²) in [5, 5.41) is 9.38. The molecule has 0 radical (unpaired) electrons. The molecule has 3 saturated heterocycles. The van der Waals surface area contributed by atoms with E-state index in [1.165, 1.54) is 11.1 Å². The predicted molar refractivity (Wildman–Crippen MR) is 115 cm³/mol. The number of carbonyl (C=O) groups is 2. The largest absolute Gasteiger partial charge is 0.330 e. The lowest BCUT2D eigenvalue weighted by molar-refractivity contribution is -0.141. The van der Waals surface area contributed by atoms with Gasteiger partial charge in [0.05, 0.1) is 30.8 Å². The Bertz CT molecular complexity index is 1090. The molecule has 6 rings (SSSR count). The van der Waals surface area contributed by atoms with E-state index in [0.717, 1.165) is 38.6 Å². The van der Waals surface area contributed by atoms with Crippen LogP contribution in [-0.2, 0) is 16.0 Å². The molecule has 32 heavy (non-hydrogen) atoms. The molecule has 2 amide bonds. The maximum atomic E-state index is 13.3. The lowest BCUT2D eigenvalue weighted by atomic mass is 10.0. The van der Waals surface area contributed by atoms with Crippen LogP contribution in [0.2, 0.25) is 0 Å². The zero-order valence-corrected chi connectivity index (χ0v) is 17.9. The maximum absolute atomic E-state index is 13.3. The van der Waals surface area contributed by atoms with Crippen LogP contribution in [-0.4, -0.2) is 69.8 Å². The molecule has 8 heteroatoms. The van der Waals surface area contributed by atoms with Crippen LogP contribution in [0.15, 0.2) is 18.2 Å². The molecule has 5 aliphatic rings. The summed E-state index contributed by atoms with van der Waals surface area (Å²) in [7, 11) is 0. The third-order valence-electron chi connectivity index (χ3n) is 8.21. The van der Waals surface area contributed by atoms with Crippen molar-refractivity contribution in [3.05, 3.63) is 40.7 Å². The Morgan fingerprint density at radius 2 is 2.16 bits per heavy atom. The monoisotopic (exact) mass is 430 g/mol. The number of fused-ring (bicyclic) bond motifs is 4. The highest BCUT2D eigenvalue weighted by Crippen LogP contribution is 2.48. The molecular formula is C24H26N6O2. The molecule has 164 valence electrons. The van der Waals surface area contributed by atoms with Crippen molar-refractivity contribution < 1.29 is 9.59 Å². The molecule has 1 unspecified atom stereocenters. The highest BCUT2D eigenvalue weighted by Gasteiger charge is 2.56. The number of piperazine rings is 1. The van der Waals surface area contributed by atoms with Gasteiger partial charge in [-0.1, -0.05) is 23.8 Å². The number of nitrogens with two attached hydrogens (primary N) is 1. The average molecular weight is 431 g/mol. The summed E-state index contributed by atoms with van der Waals surface area (Å²) in [6, 6.07) is 7.20. The van der Waals surface area contributed by atoms with Gasteiger partial charge in [-0.05, 0) is 43.6 Å². The quantitative estimate of drug-likeness (QED) is 0.727. The number of benzene rings is 1. The molecule has 1 saturated carbocycles. The van der Waals surface area contributed by atoms with E-state index >= 15 is 0 Å². The SMILES string of the molecule is [C-]#[N+]c1ccc2c(c1)CC[C@@H]2N1C(=O)[C@@H]2C[C@H]1CN2C[C@H](N)C(=O)N1C2C[C@H]2C[C@H]1C#N. The van der Waals surface area contributed by atoms with E-state index in [4.69, 9.17) is 12.3 Å². The molecule has 0 spiro atoms. The number of nitriles is 1. The van der Waals surface area contributed by atoms with E-state index in [1.807, 2.05) is 18.2 Å². The van der Waals surface area contributed by atoms with Gasteiger partial charge in [0.2, 0.25) is 11.8 Å². The summed E-state index contributed by atoms with van der Waals surface area (Å²) < 4.78 is 0. The maximum Gasteiger partial charge on any atom is 0.242 e. The molecular weight excluding hydrogens is 404 g/mol. The zero-order valence-electron chi connectivity index (χ0n) is 17.9. The van der Waals surface area contributed by atoms with E-state index in [1.54, 1.807) is 4.90 Å². The van der Waals surface area contributed by atoms with Gasteiger partial charge in [0.15, 0.2) is 5.69 Å². The van der Waals surface area contributed by atoms with Crippen molar-refractivity contribution in [2.24, 2.45) is 11.7 Å². The van der Waals surface area contributed by atoms with Crippen LogP contribution in [0.5, 0.6) is 0 Å². The van der Waals surface area contributed by atoms with Gasteiger partial charge >= 0.3 is 0 Å². The molecule has 0 aromatic heterocycles. The van der Waals surface area contributed by atoms with Gasteiger partial charge in [-0.3, -0.25) is 14.5 Å². The molecule has 8 nitrogen and oxygen atoms in total. The molecule has 7 atom stereocenters. The molecule has 3 heterocycles. The molecule has 2 N–H and O–H groups in total. The third-order valence-corrected chi connectivity index (χ3v) is 8.21. The summed E-state index contributed by atoms with van der Waals surface area (Å²) in [5.74, 6) is 0.453. The predicted octanol–water partition coefficient (Wildman–Crippen LogP) is 1.35. The van der Waals surface area contributed by atoms with Crippen LogP contribution < -0.4 is 5.73 Å². The fraction of sp³-hybridized carbons (Fsp3) is 0.583. The van der Waals surface area contributed by atoms with Crippen LogP contribution in [0.1, 0.15) is 42.9 Å². The van der Waals surface area contributed by atoms with E-state index in [-0.39, 0.29) is 42.0 Å². The van der Waals surface area contributed by atoms with Gasteiger partial charge in [-0.2, -0.15) is 5.26 Å². The van der Waals surface area contributed by atoms with Crippen LogP contribution >= 0.6 is 0 Å². The van der Waals surface area contributed by atoms with E-state index in [2.05, 4.69) is 20.7 Å². The van der Waals surface area contributed by atoms with Crippen LogP contribution in [0.3, 0.4) is 0 Å². The van der Waals surface area contributed by atoms with Gasteiger partial charge in [-0.15, -0.1) is 0 Å². The highest BCUT2D eigenvalue weighted by atomic mass is 16.2. The fourth-order valence-corrected chi connectivity index (χ4v) is 6.65. The fourth-order valence-electron chi connectivity index (χ4n) is 6.65. The zero-order chi connectivity index (χ0) is 22.1. The lowest BCUT2D eigenvalue weighted by Gasteiger charge is -2.38. The highest BCUT2D eigenvalue weighted by molar-refractivity contribution is 5.87. The Kier molecular flexibility index (Phi) is 4.33. The second-order valence-corrected chi connectivity index (χ2v) is 9.95. The molecule has 4 fully saturated rings. The van der Waals surface area contributed by atoms with Crippen molar-refractivity contribution in [1.82, 2.24) is 14.7 Å². The molecule has 2 aliphatic carbocycles. The normalized spacial score (nSPS) is 35.4. The smallest absolute Gasteiger partial charge is 0.242 e. The topological polar surface area (TPSA) is 98.0 Å². The Morgan fingerprint density at radius 3 is 2.91 bits per heavy atom. The second-order valence-electron chi connectivity index (χ2n) is 9.95. The number of rotatable bonds is 4. The van der Waals surface area contributed by atoms with Crippen molar-refractivity contribution >= 4 is 17.5 Å². The van der Waals surface area contributed by atoms with E-state index < -0.39 is 6.04 Å². The van der Waals surface area contributed by atoms with Crippen LogP contribution in [0.4, 0.5) is 5.69 Å². The van der Waals surface area contributed by atoms with E-state index in [9.17, 15) is 14.9 Å². The number of carbonyl (C=O) groups excluding carboxylic acids is 2. The first-order valence-electron chi connectivity index (χ1n) is 11.5.